The van der Waals surface area contributed by atoms with Gasteiger partial charge in [-0.3, -0.25) is 13.8 Å². The molecule has 0 saturated heterocycles. The Morgan fingerprint density at radius 3 is 1.40 bits per heavy atom. The van der Waals surface area contributed by atoms with Crippen LogP contribution in [0, 0.1) is 0 Å². The lowest BCUT2D eigenvalue weighted by molar-refractivity contribution is -0.870. The first-order valence-electron chi connectivity index (χ1n) is 26.5. The topological polar surface area (TPSA) is 105 Å². The number of carbonyl (C=O) groups is 1. The first-order valence-corrected chi connectivity index (χ1v) is 28.0. The molecule has 0 aliphatic rings. The van der Waals surface area contributed by atoms with Gasteiger partial charge in [-0.25, -0.2) is 4.57 Å². The number of allylic oxidation sites excluding steroid dienone is 8. The fraction of sp³-hybridized carbons (Fsp3) is 0.833. The van der Waals surface area contributed by atoms with Crippen LogP contribution in [0.4, 0.5) is 0 Å². The highest BCUT2D eigenvalue weighted by molar-refractivity contribution is 7.47. The first kappa shape index (κ1) is 61.5. The largest absolute Gasteiger partial charge is 0.472 e. The number of aliphatic hydroxyl groups excluding tert-OH is 1. The van der Waals surface area contributed by atoms with Crippen LogP contribution in [0.2, 0.25) is 0 Å². The summed E-state index contributed by atoms with van der Waals surface area (Å²) in [5.41, 5.74) is 0. The predicted molar refractivity (Wildman–Crippen MR) is 272 cm³/mol. The summed E-state index contributed by atoms with van der Waals surface area (Å²) < 4.78 is 23.7. The lowest BCUT2D eigenvalue weighted by atomic mass is 10.0. The molecule has 0 spiro atoms. The van der Waals surface area contributed by atoms with Crippen molar-refractivity contribution >= 4 is 13.7 Å². The summed E-state index contributed by atoms with van der Waals surface area (Å²) in [4.78, 5) is 23.3. The molecule has 3 N–H and O–H groups in total. The minimum absolute atomic E-state index is 0.0728. The van der Waals surface area contributed by atoms with Crippen LogP contribution in [-0.2, 0) is 18.4 Å². The number of aliphatic hydroxyl groups is 1. The number of nitrogens with one attached hydrogen (secondary N) is 1. The van der Waals surface area contributed by atoms with Crippen molar-refractivity contribution in [3.05, 3.63) is 48.6 Å². The van der Waals surface area contributed by atoms with E-state index in [1.807, 2.05) is 21.1 Å². The number of nitrogens with zero attached hydrogens (tertiary/aromatic N) is 1. The van der Waals surface area contributed by atoms with Crippen LogP contribution >= 0.6 is 7.82 Å². The van der Waals surface area contributed by atoms with Crippen LogP contribution in [-0.4, -0.2) is 73.4 Å². The van der Waals surface area contributed by atoms with E-state index in [0.717, 1.165) is 64.2 Å². The van der Waals surface area contributed by atoms with Gasteiger partial charge in [0.15, 0.2) is 0 Å². The van der Waals surface area contributed by atoms with E-state index in [1.165, 1.54) is 148 Å². The zero-order valence-corrected chi connectivity index (χ0v) is 43.0. The van der Waals surface area contributed by atoms with E-state index >= 15 is 0 Å². The molecule has 3 unspecified atom stereocenters. The highest BCUT2D eigenvalue weighted by atomic mass is 31.2. The molecule has 0 aliphatic carbocycles. The second-order valence-corrected chi connectivity index (χ2v) is 20.7. The van der Waals surface area contributed by atoms with E-state index in [-0.39, 0.29) is 19.1 Å². The van der Waals surface area contributed by atoms with E-state index < -0.39 is 20.0 Å². The second kappa shape index (κ2) is 45.6. The Morgan fingerprint density at radius 2 is 0.952 bits per heavy atom. The monoisotopic (exact) mass is 908 g/mol. The summed E-state index contributed by atoms with van der Waals surface area (Å²) in [6.07, 6.45) is 58.6. The molecule has 9 heteroatoms. The number of quaternary nitrogens is 1. The number of likely N-dealkylation sites (N-methyl/N-ethyl adjacent to an activating group) is 1. The summed E-state index contributed by atoms with van der Waals surface area (Å²) >= 11 is 0. The molecule has 0 fully saturated rings. The predicted octanol–water partition coefficient (Wildman–Crippen LogP) is 15.6. The highest BCUT2D eigenvalue weighted by Gasteiger charge is 2.28. The van der Waals surface area contributed by atoms with Crippen molar-refractivity contribution in [3.8, 4) is 0 Å². The third kappa shape index (κ3) is 48.2. The van der Waals surface area contributed by atoms with Crippen molar-refractivity contribution in [2.75, 3.05) is 40.9 Å². The molecular weight excluding hydrogens is 804 g/mol. The Kier molecular flexibility index (Phi) is 44.5. The molecular formula is C54H104N2O6P+. The molecule has 0 heterocycles. The van der Waals surface area contributed by atoms with Gasteiger partial charge in [-0.2, -0.15) is 0 Å². The van der Waals surface area contributed by atoms with Crippen LogP contribution in [0.1, 0.15) is 239 Å². The summed E-state index contributed by atoms with van der Waals surface area (Å²) in [6, 6.07) is -0.764. The smallest absolute Gasteiger partial charge is 0.391 e. The molecule has 0 radical (unpaired) electrons. The van der Waals surface area contributed by atoms with Gasteiger partial charge in [-0.15, -0.1) is 0 Å². The summed E-state index contributed by atoms with van der Waals surface area (Å²) in [5, 5.41) is 14.0. The van der Waals surface area contributed by atoms with Crippen LogP contribution in [0.5, 0.6) is 0 Å². The quantitative estimate of drug-likeness (QED) is 0.0243. The Labute approximate surface area is 390 Å². The number of rotatable bonds is 48. The van der Waals surface area contributed by atoms with Crippen molar-refractivity contribution in [1.82, 2.24) is 5.32 Å². The van der Waals surface area contributed by atoms with E-state index in [2.05, 4.69) is 67.8 Å². The summed E-state index contributed by atoms with van der Waals surface area (Å²) in [6.45, 7) is 4.79. The van der Waals surface area contributed by atoms with E-state index in [4.69, 9.17) is 9.05 Å². The molecule has 8 nitrogen and oxygen atoms in total. The van der Waals surface area contributed by atoms with Gasteiger partial charge in [-0.1, -0.05) is 229 Å². The minimum Gasteiger partial charge on any atom is -0.391 e. The third-order valence-corrected chi connectivity index (χ3v) is 12.8. The lowest BCUT2D eigenvalue weighted by Gasteiger charge is -2.26. The fourth-order valence-electron chi connectivity index (χ4n) is 7.69. The minimum atomic E-state index is -4.32. The molecule has 0 aliphatic heterocycles. The molecule has 0 aromatic carbocycles. The van der Waals surface area contributed by atoms with Crippen molar-refractivity contribution in [3.63, 3.8) is 0 Å². The Hall–Kier alpha value is -1.54. The van der Waals surface area contributed by atoms with E-state index in [9.17, 15) is 19.4 Å². The van der Waals surface area contributed by atoms with Crippen LogP contribution in [0.25, 0.3) is 0 Å². The molecule has 370 valence electrons. The average molecular weight is 908 g/mol. The van der Waals surface area contributed by atoms with Crippen LogP contribution in [0.15, 0.2) is 48.6 Å². The van der Waals surface area contributed by atoms with Gasteiger partial charge in [-0.05, 0) is 51.4 Å². The fourth-order valence-corrected chi connectivity index (χ4v) is 8.42. The van der Waals surface area contributed by atoms with Crippen LogP contribution < -0.4 is 5.32 Å². The highest BCUT2D eigenvalue weighted by Crippen LogP contribution is 2.43. The number of amides is 1. The number of hydrogen-bond acceptors (Lipinski definition) is 5. The zero-order chi connectivity index (χ0) is 46.4. The van der Waals surface area contributed by atoms with Crippen LogP contribution in [0.3, 0.4) is 0 Å². The molecule has 0 saturated carbocycles. The molecule has 63 heavy (non-hydrogen) atoms. The summed E-state index contributed by atoms with van der Waals surface area (Å²) in [7, 11) is 1.61. The molecule has 0 bridgehead atoms. The Morgan fingerprint density at radius 1 is 0.556 bits per heavy atom. The maximum Gasteiger partial charge on any atom is 0.472 e. The molecule has 3 atom stereocenters. The number of phosphoric ester groups is 1. The molecule has 0 aromatic rings. The molecule has 0 rings (SSSR count). The molecule has 1 amide bonds. The van der Waals surface area contributed by atoms with Gasteiger partial charge < -0.3 is 19.8 Å². The first-order chi connectivity index (χ1) is 30.5. The van der Waals surface area contributed by atoms with Gasteiger partial charge in [0.1, 0.15) is 13.2 Å². The Bertz CT molecular complexity index is 1170. The third-order valence-electron chi connectivity index (χ3n) is 11.8. The van der Waals surface area contributed by atoms with Crippen molar-refractivity contribution in [1.29, 1.82) is 0 Å². The van der Waals surface area contributed by atoms with Crippen molar-refractivity contribution in [2.45, 2.75) is 251 Å². The number of hydrogen-bond donors (Lipinski definition) is 3. The van der Waals surface area contributed by atoms with Gasteiger partial charge in [0.25, 0.3) is 0 Å². The van der Waals surface area contributed by atoms with Gasteiger partial charge >= 0.3 is 7.82 Å². The number of phosphoric acid groups is 1. The van der Waals surface area contributed by atoms with Gasteiger partial charge in [0.2, 0.25) is 5.91 Å². The second-order valence-electron chi connectivity index (χ2n) is 19.2. The molecule has 0 aromatic heterocycles. The SMILES string of the molecule is CC/C=C\C/C=C\C/C=C\C/C=C\CCCCCCCCCCCCC(=O)NC(COP(=O)(O)OCC[N+](C)(C)C)C(O)CCCCCCCCCCCCCCCCCCCC. The maximum absolute atomic E-state index is 13.0. The van der Waals surface area contributed by atoms with Gasteiger partial charge in [0.05, 0.1) is 39.9 Å². The normalized spacial score (nSPS) is 14.5. The zero-order valence-electron chi connectivity index (χ0n) is 42.1. The maximum atomic E-state index is 13.0. The Balaban J connectivity index is 4.24. The standard InChI is InChI=1S/C54H103N2O6P/c1-6-8-10-12-14-16-18-20-22-24-26-27-28-29-30-32-34-36-38-40-42-44-46-48-54(58)55-52(51-62-63(59,60)61-50-49-56(3,4)5)53(57)47-45-43-41-39-37-35-33-31-25-23-21-19-17-15-13-11-9-7-2/h8,10,14,16,20,22,26-27,52-53,57H,6-7,9,11-13,15,17-19,21,23-25,28-51H2,1-5H3,(H-,55,58,59,60)/p+1/b10-8-,16-14-,22-20-,27-26-. The van der Waals surface area contributed by atoms with E-state index in [0.29, 0.717) is 23.9 Å². The van der Waals surface area contributed by atoms with E-state index in [1.54, 1.807) is 0 Å². The van der Waals surface area contributed by atoms with Gasteiger partial charge in [0, 0.05) is 6.42 Å². The lowest BCUT2D eigenvalue weighted by Crippen LogP contribution is -2.46. The van der Waals surface area contributed by atoms with Crippen molar-refractivity contribution in [2.24, 2.45) is 0 Å². The van der Waals surface area contributed by atoms with Crippen molar-refractivity contribution < 1.29 is 32.9 Å². The summed E-state index contributed by atoms with van der Waals surface area (Å²) in [5.74, 6) is -0.149. The number of unbranched alkanes of at least 4 members (excludes halogenated alkanes) is 27. The number of carbonyl (C=O) groups excluding carboxylic acids is 1. The average Bonchev–Trinajstić information content (AvgIpc) is 3.24.